The monoisotopic (exact) mass is 581 g/mol. The van der Waals surface area contributed by atoms with E-state index in [1.54, 1.807) is 23.3 Å². The Morgan fingerprint density at radius 3 is 2.50 bits per heavy atom. The molecule has 5 rings (SSSR count). The zero-order valence-electron chi connectivity index (χ0n) is 24.0. The highest BCUT2D eigenvalue weighted by Crippen LogP contribution is 2.43. The van der Waals surface area contributed by atoms with Gasteiger partial charge < -0.3 is 33.9 Å². The molecule has 15 heteroatoms. The lowest BCUT2D eigenvalue weighted by Crippen LogP contribution is -2.34. The average molecular weight is 582 g/mol. The van der Waals surface area contributed by atoms with E-state index in [-0.39, 0.29) is 12.5 Å². The number of ether oxygens (including phenoxy) is 3. The highest BCUT2D eigenvalue weighted by Gasteiger charge is 2.51. The maximum atomic E-state index is 11.6. The van der Waals surface area contributed by atoms with Crippen molar-refractivity contribution in [3.8, 4) is 0 Å². The SMILES string of the molecule is CCc1cc([C@H]2O[C@@H](n3cnc4c(NC(CC)CC)nc(NCCc5cn(C)cn5)nc43)[C@H](OC=O)[C@H]2OC=O)on1. The molecule has 224 valence electrons. The van der Waals surface area contributed by atoms with Crippen molar-refractivity contribution in [1.29, 1.82) is 0 Å². The lowest BCUT2D eigenvalue weighted by molar-refractivity contribution is -0.151. The number of carbonyl (C=O) groups excluding carboxylic acids is 2. The normalized spacial score (nSPS) is 20.2. The molecule has 1 aliphatic rings. The van der Waals surface area contributed by atoms with Gasteiger partial charge in [0.15, 0.2) is 47.3 Å². The van der Waals surface area contributed by atoms with Crippen LogP contribution >= 0.6 is 0 Å². The number of aromatic nitrogens is 7. The molecule has 0 aliphatic carbocycles. The number of aryl methyl sites for hydroxylation is 2. The Bertz CT molecular complexity index is 1500. The Labute approximate surface area is 242 Å². The highest BCUT2D eigenvalue weighted by atomic mass is 16.6. The van der Waals surface area contributed by atoms with E-state index in [9.17, 15) is 9.59 Å². The van der Waals surface area contributed by atoms with Gasteiger partial charge in [0.2, 0.25) is 5.95 Å². The van der Waals surface area contributed by atoms with Crippen molar-refractivity contribution in [1.82, 2.24) is 34.2 Å². The summed E-state index contributed by atoms with van der Waals surface area (Å²) in [4.78, 5) is 41.5. The minimum Gasteiger partial charge on any atom is -0.457 e. The molecule has 0 aromatic carbocycles. The van der Waals surface area contributed by atoms with E-state index < -0.39 is 24.5 Å². The van der Waals surface area contributed by atoms with E-state index in [0.717, 1.165) is 18.5 Å². The molecule has 5 heterocycles. The molecule has 2 N–H and O–H groups in total. The molecular weight excluding hydrogens is 546 g/mol. The number of fused-ring (bicyclic) bond motifs is 1. The summed E-state index contributed by atoms with van der Waals surface area (Å²) in [6, 6.07) is 1.89. The van der Waals surface area contributed by atoms with Crippen LogP contribution in [0.5, 0.6) is 0 Å². The number of hydrogen-bond donors (Lipinski definition) is 2. The number of nitrogens with zero attached hydrogens (tertiary/aromatic N) is 7. The van der Waals surface area contributed by atoms with Crippen LogP contribution in [0.15, 0.2) is 29.4 Å². The van der Waals surface area contributed by atoms with E-state index in [2.05, 4.69) is 39.6 Å². The average Bonchev–Trinajstić information content (AvgIpc) is 3.79. The molecule has 0 unspecified atom stereocenters. The molecule has 4 aromatic heterocycles. The van der Waals surface area contributed by atoms with Gasteiger partial charge in [-0.25, -0.2) is 9.97 Å². The summed E-state index contributed by atoms with van der Waals surface area (Å²) < 4.78 is 26.2. The van der Waals surface area contributed by atoms with Crippen LogP contribution in [-0.2, 0) is 43.7 Å². The van der Waals surface area contributed by atoms with Crippen molar-refractivity contribution in [2.45, 2.75) is 77.0 Å². The zero-order chi connectivity index (χ0) is 29.6. The number of carbonyl (C=O) groups is 2. The molecule has 1 aliphatic heterocycles. The Kier molecular flexibility index (Phi) is 8.95. The van der Waals surface area contributed by atoms with Crippen molar-refractivity contribution >= 4 is 35.9 Å². The number of rotatable bonds is 15. The first-order valence-electron chi connectivity index (χ1n) is 14.0. The Morgan fingerprint density at radius 2 is 1.83 bits per heavy atom. The van der Waals surface area contributed by atoms with E-state index in [4.69, 9.17) is 28.7 Å². The minimum atomic E-state index is -1.03. The molecule has 0 amide bonds. The van der Waals surface area contributed by atoms with Crippen LogP contribution in [0.2, 0.25) is 0 Å². The van der Waals surface area contributed by atoms with Crippen LogP contribution in [0.4, 0.5) is 11.8 Å². The van der Waals surface area contributed by atoms with Gasteiger partial charge in [-0.15, -0.1) is 0 Å². The van der Waals surface area contributed by atoms with Crippen molar-refractivity contribution in [3.05, 3.63) is 42.1 Å². The van der Waals surface area contributed by atoms with E-state index in [1.807, 2.05) is 24.7 Å². The predicted octanol–water partition coefficient (Wildman–Crippen LogP) is 2.72. The third-order valence-electron chi connectivity index (χ3n) is 7.28. The van der Waals surface area contributed by atoms with Gasteiger partial charge in [0.05, 0.1) is 24.0 Å². The fourth-order valence-electron chi connectivity index (χ4n) is 5.01. The Balaban J connectivity index is 1.52. The second kappa shape index (κ2) is 13.0. The summed E-state index contributed by atoms with van der Waals surface area (Å²) in [7, 11) is 1.92. The van der Waals surface area contributed by atoms with Crippen molar-refractivity contribution in [2.24, 2.45) is 7.05 Å². The highest BCUT2D eigenvalue weighted by molar-refractivity contribution is 5.84. The van der Waals surface area contributed by atoms with Crippen molar-refractivity contribution in [2.75, 3.05) is 17.2 Å². The van der Waals surface area contributed by atoms with Crippen LogP contribution in [-0.4, -0.2) is 72.0 Å². The number of hydrogen-bond acceptors (Lipinski definition) is 13. The fraction of sp³-hybridized carbons (Fsp3) is 0.519. The quantitative estimate of drug-likeness (QED) is 0.196. The molecule has 42 heavy (non-hydrogen) atoms. The van der Waals surface area contributed by atoms with Crippen molar-refractivity contribution < 1.29 is 28.3 Å². The summed E-state index contributed by atoms with van der Waals surface area (Å²) in [5.74, 6) is 1.27. The van der Waals surface area contributed by atoms with E-state index in [0.29, 0.717) is 60.2 Å². The summed E-state index contributed by atoms with van der Waals surface area (Å²) in [5, 5.41) is 10.8. The number of nitrogens with one attached hydrogen (secondary N) is 2. The summed E-state index contributed by atoms with van der Waals surface area (Å²) >= 11 is 0. The summed E-state index contributed by atoms with van der Waals surface area (Å²) in [6.45, 7) is 7.25. The van der Waals surface area contributed by atoms with Gasteiger partial charge in [-0.05, 0) is 19.3 Å². The van der Waals surface area contributed by atoms with Gasteiger partial charge >= 0.3 is 0 Å². The van der Waals surface area contributed by atoms with Gasteiger partial charge in [-0.1, -0.05) is 25.9 Å². The first-order valence-corrected chi connectivity index (χ1v) is 14.0. The molecule has 15 nitrogen and oxygen atoms in total. The number of anilines is 2. The zero-order valence-corrected chi connectivity index (χ0v) is 24.0. The molecule has 1 saturated heterocycles. The van der Waals surface area contributed by atoms with Crippen LogP contribution in [0.25, 0.3) is 11.2 Å². The molecule has 0 saturated carbocycles. The van der Waals surface area contributed by atoms with Gasteiger partial charge in [0.25, 0.3) is 12.9 Å². The van der Waals surface area contributed by atoms with Gasteiger partial charge in [-0.2, -0.15) is 9.97 Å². The smallest absolute Gasteiger partial charge is 0.293 e. The minimum absolute atomic E-state index is 0.164. The van der Waals surface area contributed by atoms with Crippen LogP contribution in [0, 0.1) is 0 Å². The van der Waals surface area contributed by atoms with Crippen LogP contribution < -0.4 is 10.6 Å². The van der Waals surface area contributed by atoms with Gasteiger partial charge in [0.1, 0.15) is 0 Å². The molecule has 0 bridgehead atoms. The molecule has 4 aromatic rings. The van der Waals surface area contributed by atoms with Crippen molar-refractivity contribution in [3.63, 3.8) is 0 Å². The standard InChI is InChI=1S/C27H35N9O6/c1-5-16(6-2)31-24-20-25(33-27(32-24)28-9-8-18-11-35(4)12-29-18)36(13-30-20)26-23(40-15-38)22(39-14-37)21(41-26)19-10-17(7-3)34-42-19/h10-16,21-23,26H,5-9H2,1-4H3,(H2,28,31,32,33)/t21-,22+,23-,26-/m1/s1. The lowest BCUT2D eigenvalue weighted by atomic mass is 10.1. The third kappa shape index (κ3) is 5.91. The predicted molar refractivity (Wildman–Crippen MR) is 149 cm³/mol. The molecule has 1 fully saturated rings. The second-order valence-corrected chi connectivity index (χ2v) is 10.0. The summed E-state index contributed by atoms with van der Waals surface area (Å²) in [5.41, 5.74) is 2.58. The summed E-state index contributed by atoms with van der Waals surface area (Å²) in [6.07, 6.45) is 4.44. The molecular formula is C27H35N9O6. The van der Waals surface area contributed by atoms with Crippen LogP contribution in [0.3, 0.4) is 0 Å². The lowest BCUT2D eigenvalue weighted by Gasteiger charge is -2.21. The Morgan fingerprint density at radius 1 is 1.05 bits per heavy atom. The molecule has 0 spiro atoms. The van der Waals surface area contributed by atoms with Gasteiger partial charge in [-0.3, -0.25) is 14.2 Å². The molecule has 4 atom stereocenters. The number of imidazole rings is 2. The van der Waals surface area contributed by atoms with Crippen LogP contribution in [0.1, 0.15) is 63.1 Å². The van der Waals surface area contributed by atoms with E-state index in [1.165, 1.54) is 0 Å². The second-order valence-electron chi connectivity index (χ2n) is 10.0. The topological polar surface area (TPSA) is 173 Å². The largest absolute Gasteiger partial charge is 0.457 e. The first-order chi connectivity index (χ1) is 20.5. The fourth-order valence-corrected chi connectivity index (χ4v) is 5.01. The van der Waals surface area contributed by atoms with Gasteiger partial charge in [0, 0.05) is 38.3 Å². The first kappa shape index (κ1) is 29.0. The maximum Gasteiger partial charge on any atom is 0.293 e. The maximum absolute atomic E-state index is 11.6. The van der Waals surface area contributed by atoms with E-state index >= 15 is 0 Å². The molecule has 0 radical (unpaired) electrons. The Hall–Kier alpha value is -4.53. The third-order valence-corrected chi connectivity index (χ3v) is 7.28.